The predicted octanol–water partition coefficient (Wildman–Crippen LogP) is 4.47. The van der Waals surface area contributed by atoms with Gasteiger partial charge in [-0.1, -0.05) is 56.3 Å². The van der Waals surface area contributed by atoms with Gasteiger partial charge in [-0.2, -0.15) is 0 Å². The van der Waals surface area contributed by atoms with Crippen LogP contribution in [0.4, 0.5) is 4.39 Å². The van der Waals surface area contributed by atoms with Crippen LogP contribution in [0.2, 0.25) is 0 Å². The number of nitrogens with one attached hydrogen (secondary N) is 1. The maximum Gasteiger partial charge on any atom is 0.123 e. The molecular formula is C20H24FNO. The summed E-state index contributed by atoms with van der Waals surface area (Å²) in [6, 6.07) is 17.5. The van der Waals surface area contributed by atoms with Gasteiger partial charge in [0.2, 0.25) is 0 Å². The van der Waals surface area contributed by atoms with Gasteiger partial charge in [-0.25, -0.2) is 4.39 Å². The van der Waals surface area contributed by atoms with Gasteiger partial charge in [-0.3, -0.25) is 0 Å². The van der Waals surface area contributed by atoms with Crippen molar-refractivity contribution in [1.29, 1.82) is 0 Å². The van der Waals surface area contributed by atoms with Crippen molar-refractivity contribution in [3.63, 3.8) is 0 Å². The first-order valence-electron chi connectivity index (χ1n) is 8.30. The quantitative estimate of drug-likeness (QED) is 0.879. The molecule has 1 saturated heterocycles. The lowest BCUT2D eigenvalue weighted by atomic mass is 9.99. The van der Waals surface area contributed by atoms with Crippen LogP contribution in [0.5, 0.6) is 0 Å². The Morgan fingerprint density at radius 3 is 2.61 bits per heavy atom. The molecule has 0 aromatic heterocycles. The molecule has 1 aliphatic heterocycles. The Hall–Kier alpha value is -1.71. The molecule has 3 atom stereocenters. The SMILES string of the molecule is CC(C)C1NC(c2cccc(F)c2)CC1OCc1ccccc1. The van der Waals surface area contributed by atoms with Crippen LogP contribution in [-0.4, -0.2) is 12.1 Å². The first-order chi connectivity index (χ1) is 11.1. The van der Waals surface area contributed by atoms with Crippen molar-refractivity contribution in [3.8, 4) is 0 Å². The van der Waals surface area contributed by atoms with Crippen molar-refractivity contribution in [2.24, 2.45) is 5.92 Å². The Morgan fingerprint density at radius 2 is 1.91 bits per heavy atom. The molecule has 3 unspecified atom stereocenters. The molecular weight excluding hydrogens is 289 g/mol. The molecule has 0 amide bonds. The second-order valence-corrected chi connectivity index (χ2v) is 6.61. The zero-order chi connectivity index (χ0) is 16.2. The van der Waals surface area contributed by atoms with Crippen molar-refractivity contribution in [2.45, 2.75) is 45.1 Å². The average molecular weight is 313 g/mol. The molecule has 3 rings (SSSR count). The van der Waals surface area contributed by atoms with E-state index in [1.54, 1.807) is 12.1 Å². The van der Waals surface area contributed by atoms with Crippen LogP contribution in [0.3, 0.4) is 0 Å². The zero-order valence-electron chi connectivity index (χ0n) is 13.7. The number of benzene rings is 2. The van der Waals surface area contributed by atoms with Crippen molar-refractivity contribution in [3.05, 3.63) is 71.5 Å². The minimum atomic E-state index is -0.181. The summed E-state index contributed by atoms with van der Waals surface area (Å²) in [6.07, 6.45) is 1.02. The van der Waals surface area contributed by atoms with Crippen LogP contribution in [0.25, 0.3) is 0 Å². The fourth-order valence-corrected chi connectivity index (χ4v) is 3.31. The van der Waals surface area contributed by atoms with Crippen LogP contribution in [0.1, 0.15) is 37.4 Å². The van der Waals surface area contributed by atoms with E-state index in [4.69, 9.17) is 4.74 Å². The molecule has 2 aromatic rings. The minimum Gasteiger partial charge on any atom is -0.372 e. The molecule has 1 aliphatic rings. The van der Waals surface area contributed by atoms with Gasteiger partial charge in [0.1, 0.15) is 5.82 Å². The van der Waals surface area contributed by atoms with Gasteiger partial charge in [0.05, 0.1) is 12.7 Å². The van der Waals surface area contributed by atoms with Crippen LogP contribution >= 0.6 is 0 Å². The normalized spacial score (nSPS) is 24.3. The van der Waals surface area contributed by atoms with Gasteiger partial charge in [-0.05, 0) is 35.6 Å². The van der Waals surface area contributed by atoms with Crippen LogP contribution in [0, 0.1) is 11.7 Å². The lowest BCUT2D eigenvalue weighted by molar-refractivity contribution is 0.0226. The highest BCUT2D eigenvalue weighted by Crippen LogP contribution is 2.32. The Morgan fingerprint density at radius 1 is 1.13 bits per heavy atom. The molecule has 0 radical (unpaired) electrons. The molecule has 0 aliphatic carbocycles. The Balaban J connectivity index is 1.69. The summed E-state index contributed by atoms with van der Waals surface area (Å²) in [5.41, 5.74) is 2.19. The van der Waals surface area contributed by atoms with Gasteiger partial charge in [0, 0.05) is 12.1 Å². The van der Waals surface area contributed by atoms with Gasteiger partial charge in [-0.15, -0.1) is 0 Å². The second kappa shape index (κ2) is 7.24. The van der Waals surface area contributed by atoms with E-state index in [9.17, 15) is 4.39 Å². The highest BCUT2D eigenvalue weighted by Gasteiger charge is 2.36. The van der Waals surface area contributed by atoms with Gasteiger partial charge in [0.15, 0.2) is 0 Å². The summed E-state index contributed by atoms with van der Waals surface area (Å²) in [7, 11) is 0. The molecule has 122 valence electrons. The summed E-state index contributed by atoms with van der Waals surface area (Å²) < 4.78 is 19.7. The second-order valence-electron chi connectivity index (χ2n) is 6.61. The van der Waals surface area contributed by atoms with E-state index in [1.807, 2.05) is 24.3 Å². The third kappa shape index (κ3) is 3.98. The van der Waals surface area contributed by atoms with Crippen LogP contribution in [-0.2, 0) is 11.3 Å². The summed E-state index contributed by atoms with van der Waals surface area (Å²) in [5.74, 6) is 0.286. The van der Waals surface area contributed by atoms with Crippen molar-refractivity contribution in [2.75, 3.05) is 0 Å². The highest BCUT2D eigenvalue weighted by atomic mass is 19.1. The summed E-state index contributed by atoms with van der Waals surface area (Å²) in [6.45, 7) is 5.02. The number of rotatable bonds is 5. The Bertz CT molecular complexity index is 629. The molecule has 23 heavy (non-hydrogen) atoms. The molecule has 1 fully saturated rings. The predicted molar refractivity (Wildman–Crippen MR) is 90.5 cm³/mol. The molecule has 2 aromatic carbocycles. The smallest absolute Gasteiger partial charge is 0.123 e. The van der Waals surface area contributed by atoms with Gasteiger partial charge >= 0.3 is 0 Å². The summed E-state index contributed by atoms with van der Waals surface area (Å²) in [5, 5.41) is 3.63. The number of hydrogen-bond acceptors (Lipinski definition) is 2. The highest BCUT2D eigenvalue weighted by molar-refractivity contribution is 5.22. The largest absolute Gasteiger partial charge is 0.372 e. The molecule has 0 spiro atoms. The number of hydrogen-bond donors (Lipinski definition) is 1. The fraction of sp³-hybridized carbons (Fsp3) is 0.400. The van der Waals surface area contributed by atoms with E-state index in [0.717, 1.165) is 12.0 Å². The molecule has 1 N–H and O–H groups in total. The molecule has 0 saturated carbocycles. The zero-order valence-corrected chi connectivity index (χ0v) is 13.7. The fourth-order valence-electron chi connectivity index (χ4n) is 3.31. The van der Waals surface area contributed by atoms with Crippen LogP contribution in [0.15, 0.2) is 54.6 Å². The van der Waals surface area contributed by atoms with Crippen LogP contribution < -0.4 is 5.32 Å². The van der Waals surface area contributed by atoms with E-state index in [2.05, 4.69) is 31.3 Å². The van der Waals surface area contributed by atoms with Crippen molar-refractivity contribution in [1.82, 2.24) is 5.32 Å². The van der Waals surface area contributed by atoms with Gasteiger partial charge in [0.25, 0.3) is 0 Å². The summed E-state index contributed by atoms with van der Waals surface area (Å²) >= 11 is 0. The van der Waals surface area contributed by atoms with E-state index < -0.39 is 0 Å². The molecule has 2 nitrogen and oxygen atoms in total. The Labute approximate surface area is 137 Å². The summed E-state index contributed by atoms with van der Waals surface area (Å²) in [4.78, 5) is 0. The topological polar surface area (TPSA) is 21.3 Å². The van der Waals surface area contributed by atoms with Gasteiger partial charge < -0.3 is 10.1 Å². The monoisotopic (exact) mass is 313 g/mol. The maximum atomic E-state index is 13.5. The van der Waals surface area contributed by atoms with Crippen molar-refractivity contribution >= 4 is 0 Å². The average Bonchev–Trinajstić information content (AvgIpc) is 2.98. The third-order valence-electron chi connectivity index (χ3n) is 4.54. The molecule has 0 bridgehead atoms. The first kappa shape index (κ1) is 16.2. The van der Waals surface area contributed by atoms with E-state index in [0.29, 0.717) is 12.5 Å². The van der Waals surface area contributed by atoms with Crippen molar-refractivity contribution < 1.29 is 9.13 Å². The molecule has 3 heteroatoms. The first-order valence-corrected chi connectivity index (χ1v) is 8.30. The minimum absolute atomic E-state index is 0.142. The lowest BCUT2D eigenvalue weighted by Crippen LogP contribution is -2.37. The number of halogens is 1. The third-order valence-corrected chi connectivity index (χ3v) is 4.54. The Kier molecular flexibility index (Phi) is 5.09. The van der Waals surface area contributed by atoms with E-state index in [1.165, 1.54) is 11.6 Å². The maximum absolute atomic E-state index is 13.5. The van der Waals surface area contributed by atoms with E-state index >= 15 is 0 Å². The lowest BCUT2D eigenvalue weighted by Gasteiger charge is -2.23. The number of ether oxygens (including phenoxy) is 1. The standard InChI is InChI=1S/C20H24FNO/c1-14(2)20-19(23-13-15-7-4-3-5-8-15)12-18(22-20)16-9-6-10-17(21)11-16/h3-11,14,18-20,22H,12-13H2,1-2H3. The van der Waals surface area contributed by atoms with E-state index in [-0.39, 0.29) is 24.0 Å². The molecule has 1 heterocycles.